The maximum Gasteiger partial charge on any atom is 0.0292 e. The van der Waals surface area contributed by atoms with E-state index in [2.05, 4.69) is 44.3 Å². The summed E-state index contributed by atoms with van der Waals surface area (Å²) in [5, 5.41) is 3.65. The van der Waals surface area contributed by atoms with Gasteiger partial charge >= 0.3 is 0 Å². The van der Waals surface area contributed by atoms with Gasteiger partial charge < -0.3 is 5.32 Å². The fourth-order valence-corrected chi connectivity index (χ4v) is 2.19. The predicted octanol–water partition coefficient (Wildman–Crippen LogP) is 3.75. The highest BCUT2D eigenvalue weighted by Crippen LogP contribution is 2.26. The molecule has 1 aliphatic rings. The zero-order valence-corrected chi connectivity index (χ0v) is 10.7. The molecule has 1 unspecified atom stereocenters. The molecule has 1 saturated carbocycles. The molecular weight excluding hydrogens is 194 g/mol. The van der Waals surface area contributed by atoms with Gasteiger partial charge in [-0.1, -0.05) is 24.6 Å². The second kappa shape index (κ2) is 5.01. The van der Waals surface area contributed by atoms with Crippen LogP contribution >= 0.6 is 0 Å². The molecule has 1 aliphatic carbocycles. The molecule has 0 aliphatic heterocycles. The van der Waals surface area contributed by atoms with Gasteiger partial charge in [-0.15, -0.1) is 0 Å². The third-order valence-electron chi connectivity index (χ3n) is 3.97. The first-order valence-corrected chi connectivity index (χ1v) is 6.47. The van der Waals surface area contributed by atoms with E-state index >= 15 is 0 Å². The lowest BCUT2D eigenvalue weighted by Gasteiger charge is -2.27. The van der Waals surface area contributed by atoms with Crippen molar-refractivity contribution in [1.29, 1.82) is 0 Å². The fourth-order valence-electron chi connectivity index (χ4n) is 2.19. The van der Waals surface area contributed by atoms with Crippen LogP contribution in [0.2, 0.25) is 0 Å². The third kappa shape index (κ3) is 2.65. The van der Waals surface area contributed by atoms with Crippen molar-refractivity contribution in [2.24, 2.45) is 5.92 Å². The van der Waals surface area contributed by atoms with Crippen molar-refractivity contribution in [3.05, 3.63) is 34.9 Å². The van der Waals surface area contributed by atoms with Crippen molar-refractivity contribution < 1.29 is 0 Å². The first-order valence-electron chi connectivity index (χ1n) is 6.47. The Kier molecular flexibility index (Phi) is 3.65. The number of nitrogens with one attached hydrogen (secondary N) is 1. The Morgan fingerprint density at radius 1 is 1.25 bits per heavy atom. The molecule has 0 heterocycles. The van der Waals surface area contributed by atoms with E-state index in [1.54, 1.807) is 0 Å². The van der Waals surface area contributed by atoms with Crippen LogP contribution in [0.1, 0.15) is 48.9 Å². The molecule has 1 heteroatoms. The highest BCUT2D eigenvalue weighted by atomic mass is 14.9. The van der Waals surface area contributed by atoms with Gasteiger partial charge in [0, 0.05) is 6.04 Å². The van der Waals surface area contributed by atoms with E-state index in [1.807, 2.05) is 0 Å². The standard InChI is InChI=1S/C15H23N/c1-11-7-8-15(9-12(11)2)13(3)16-10-14-5-4-6-14/h7-9,13-14,16H,4-6,10H2,1-3H3. The normalized spacial score (nSPS) is 18.2. The van der Waals surface area contributed by atoms with E-state index in [4.69, 9.17) is 0 Å². The van der Waals surface area contributed by atoms with Crippen LogP contribution in [0.4, 0.5) is 0 Å². The van der Waals surface area contributed by atoms with E-state index in [0.29, 0.717) is 6.04 Å². The Balaban J connectivity index is 1.91. The highest BCUT2D eigenvalue weighted by Gasteiger charge is 2.17. The van der Waals surface area contributed by atoms with Crippen molar-refractivity contribution in [3.8, 4) is 0 Å². The number of aryl methyl sites for hydroxylation is 2. The van der Waals surface area contributed by atoms with E-state index in [0.717, 1.165) is 5.92 Å². The molecule has 2 rings (SSSR count). The van der Waals surface area contributed by atoms with Gasteiger partial charge in [-0.25, -0.2) is 0 Å². The maximum absolute atomic E-state index is 3.65. The SMILES string of the molecule is Cc1ccc(C(C)NCC2CCC2)cc1C. The third-order valence-corrected chi connectivity index (χ3v) is 3.97. The molecule has 0 radical (unpaired) electrons. The number of hydrogen-bond donors (Lipinski definition) is 1. The Hall–Kier alpha value is -0.820. The van der Waals surface area contributed by atoms with Crippen molar-refractivity contribution in [1.82, 2.24) is 5.32 Å². The Morgan fingerprint density at radius 3 is 2.56 bits per heavy atom. The highest BCUT2D eigenvalue weighted by molar-refractivity contribution is 5.31. The Bertz CT molecular complexity index is 352. The minimum absolute atomic E-state index is 0.486. The molecule has 88 valence electrons. The number of rotatable bonds is 4. The lowest BCUT2D eigenvalue weighted by Crippen LogP contribution is -2.29. The zero-order valence-electron chi connectivity index (χ0n) is 10.7. The molecule has 1 aromatic rings. The average molecular weight is 217 g/mol. The smallest absolute Gasteiger partial charge is 0.0292 e. The van der Waals surface area contributed by atoms with E-state index < -0.39 is 0 Å². The van der Waals surface area contributed by atoms with Gasteiger partial charge in [-0.3, -0.25) is 0 Å². The first-order chi connectivity index (χ1) is 7.66. The van der Waals surface area contributed by atoms with Crippen molar-refractivity contribution in [2.75, 3.05) is 6.54 Å². The van der Waals surface area contributed by atoms with Gasteiger partial charge in [0.25, 0.3) is 0 Å². The summed E-state index contributed by atoms with van der Waals surface area (Å²) in [6.45, 7) is 7.82. The number of hydrogen-bond acceptors (Lipinski definition) is 1. The minimum atomic E-state index is 0.486. The summed E-state index contributed by atoms with van der Waals surface area (Å²) in [5.41, 5.74) is 4.20. The van der Waals surface area contributed by atoms with Crippen molar-refractivity contribution >= 4 is 0 Å². The monoisotopic (exact) mass is 217 g/mol. The second-order valence-corrected chi connectivity index (χ2v) is 5.27. The summed E-state index contributed by atoms with van der Waals surface area (Å²) in [5.74, 6) is 0.939. The van der Waals surface area contributed by atoms with Crippen LogP contribution in [-0.2, 0) is 0 Å². The largest absolute Gasteiger partial charge is 0.310 e. The quantitative estimate of drug-likeness (QED) is 0.810. The molecule has 0 amide bonds. The van der Waals surface area contributed by atoms with Crippen LogP contribution in [-0.4, -0.2) is 6.54 Å². The van der Waals surface area contributed by atoms with Crippen LogP contribution in [0.5, 0.6) is 0 Å². The van der Waals surface area contributed by atoms with Crippen molar-refractivity contribution in [3.63, 3.8) is 0 Å². The molecule has 0 aromatic heterocycles. The molecular formula is C15H23N. The summed E-state index contributed by atoms with van der Waals surface area (Å²) in [7, 11) is 0. The van der Waals surface area contributed by atoms with E-state index in [-0.39, 0.29) is 0 Å². The van der Waals surface area contributed by atoms with Crippen LogP contribution in [0, 0.1) is 19.8 Å². The van der Waals surface area contributed by atoms with Gasteiger partial charge in [0.15, 0.2) is 0 Å². The molecule has 0 bridgehead atoms. The van der Waals surface area contributed by atoms with Gasteiger partial charge in [0.2, 0.25) is 0 Å². The van der Waals surface area contributed by atoms with Crippen molar-refractivity contribution in [2.45, 2.75) is 46.1 Å². The average Bonchev–Trinajstić information content (AvgIpc) is 2.19. The topological polar surface area (TPSA) is 12.0 Å². The lowest BCUT2D eigenvalue weighted by atomic mass is 9.85. The molecule has 1 N–H and O–H groups in total. The van der Waals surface area contributed by atoms with Gasteiger partial charge in [0.05, 0.1) is 0 Å². The predicted molar refractivity (Wildman–Crippen MR) is 69.7 cm³/mol. The summed E-state index contributed by atoms with van der Waals surface area (Å²) in [6, 6.07) is 7.28. The van der Waals surface area contributed by atoms with Crippen LogP contribution < -0.4 is 5.32 Å². The summed E-state index contributed by atoms with van der Waals surface area (Å²) >= 11 is 0. The molecule has 1 nitrogen and oxygen atoms in total. The zero-order chi connectivity index (χ0) is 11.5. The summed E-state index contributed by atoms with van der Waals surface area (Å²) in [6.07, 6.45) is 4.28. The summed E-state index contributed by atoms with van der Waals surface area (Å²) in [4.78, 5) is 0. The second-order valence-electron chi connectivity index (χ2n) is 5.27. The van der Waals surface area contributed by atoms with Gasteiger partial charge in [-0.2, -0.15) is 0 Å². The fraction of sp³-hybridized carbons (Fsp3) is 0.600. The van der Waals surface area contributed by atoms with Gasteiger partial charge in [-0.05, 0) is 62.8 Å². The molecule has 1 aromatic carbocycles. The molecule has 0 spiro atoms. The van der Waals surface area contributed by atoms with Crippen LogP contribution in [0.3, 0.4) is 0 Å². The summed E-state index contributed by atoms with van der Waals surface area (Å²) < 4.78 is 0. The molecule has 1 atom stereocenters. The molecule has 0 saturated heterocycles. The van der Waals surface area contributed by atoms with Gasteiger partial charge in [0.1, 0.15) is 0 Å². The van der Waals surface area contributed by atoms with Crippen LogP contribution in [0.15, 0.2) is 18.2 Å². The van der Waals surface area contributed by atoms with E-state index in [9.17, 15) is 0 Å². The Labute approximate surface area is 99.3 Å². The minimum Gasteiger partial charge on any atom is -0.310 e. The lowest BCUT2D eigenvalue weighted by molar-refractivity contribution is 0.292. The molecule has 1 fully saturated rings. The number of benzene rings is 1. The first kappa shape index (κ1) is 11.7. The van der Waals surface area contributed by atoms with Crippen LogP contribution in [0.25, 0.3) is 0 Å². The van der Waals surface area contributed by atoms with E-state index in [1.165, 1.54) is 42.5 Å². The maximum atomic E-state index is 3.65. The Morgan fingerprint density at radius 2 is 2.00 bits per heavy atom. The molecule has 16 heavy (non-hydrogen) atoms.